The number of hydrogen-bond donors (Lipinski definition) is 2. The lowest BCUT2D eigenvalue weighted by molar-refractivity contribution is 1.33. The van der Waals surface area contributed by atoms with Crippen LogP contribution in [-0.4, -0.2) is 13.7 Å². The van der Waals surface area contributed by atoms with Gasteiger partial charge in [0.15, 0.2) is 0 Å². The largest absolute Gasteiger partial charge is 0.382 e. The average molecular weight is 278 g/mol. The van der Waals surface area contributed by atoms with Crippen LogP contribution in [0.4, 0.5) is 17.2 Å². The Morgan fingerprint density at radius 1 is 1.22 bits per heavy atom. The van der Waals surface area contributed by atoms with Crippen molar-refractivity contribution in [3.8, 4) is 0 Å². The monoisotopic (exact) mass is 277 g/mol. The molecule has 0 unspecified atom stereocenters. The lowest BCUT2D eigenvalue weighted by Gasteiger charge is -2.10. The van der Waals surface area contributed by atoms with Gasteiger partial charge in [0.2, 0.25) is 0 Å². The van der Waals surface area contributed by atoms with Crippen LogP contribution in [0.25, 0.3) is 11.0 Å². The number of fused-ring (bicyclic) bond motifs is 1. The average Bonchev–Trinajstić information content (AvgIpc) is 2.83. The summed E-state index contributed by atoms with van der Waals surface area (Å²) in [7, 11) is 0. The summed E-state index contributed by atoms with van der Waals surface area (Å²) >= 11 is 7.32. The van der Waals surface area contributed by atoms with Gasteiger partial charge in [-0.1, -0.05) is 11.6 Å². The fourth-order valence-corrected chi connectivity index (χ4v) is 2.35. The van der Waals surface area contributed by atoms with Crippen molar-refractivity contribution < 1.29 is 0 Å². The van der Waals surface area contributed by atoms with Gasteiger partial charge < -0.3 is 11.1 Å². The van der Waals surface area contributed by atoms with Crippen LogP contribution >= 0.6 is 23.3 Å². The molecule has 0 aliphatic heterocycles. The first-order valence-electron chi connectivity index (χ1n) is 5.14. The normalized spacial score (nSPS) is 10.7. The molecule has 0 radical (unpaired) electrons. The molecule has 2 aromatic heterocycles. The van der Waals surface area contributed by atoms with Crippen LogP contribution in [0.1, 0.15) is 0 Å². The second-order valence-electron chi connectivity index (χ2n) is 3.62. The summed E-state index contributed by atoms with van der Waals surface area (Å²) < 4.78 is 8.40. The third-order valence-electron chi connectivity index (χ3n) is 2.48. The number of nitrogens with two attached hydrogens (primary N) is 1. The van der Waals surface area contributed by atoms with Crippen LogP contribution < -0.4 is 11.1 Å². The van der Waals surface area contributed by atoms with Crippen molar-refractivity contribution in [3.05, 3.63) is 35.5 Å². The lowest BCUT2D eigenvalue weighted by atomic mass is 10.2. The van der Waals surface area contributed by atoms with E-state index in [4.69, 9.17) is 17.3 Å². The van der Waals surface area contributed by atoms with Gasteiger partial charge in [-0.3, -0.25) is 0 Å². The Balaban J connectivity index is 2.12. The molecular weight excluding hydrogens is 270 g/mol. The predicted molar refractivity (Wildman–Crippen MR) is 74.4 cm³/mol. The summed E-state index contributed by atoms with van der Waals surface area (Å²) in [6, 6.07) is 7.24. The van der Waals surface area contributed by atoms with Crippen LogP contribution in [0, 0.1) is 0 Å². The summed E-state index contributed by atoms with van der Waals surface area (Å²) in [6.07, 6.45) is 1.63. The predicted octanol–water partition coefficient (Wildman–Crippen LogP) is 3.07. The van der Waals surface area contributed by atoms with Gasteiger partial charge in [0.25, 0.3) is 0 Å². The van der Waals surface area contributed by atoms with Crippen molar-refractivity contribution in [2.24, 2.45) is 0 Å². The first kappa shape index (κ1) is 11.2. The molecule has 5 nitrogen and oxygen atoms in total. The summed E-state index contributed by atoms with van der Waals surface area (Å²) in [5.74, 6) is 0.411. The second-order valence-corrected chi connectivity index (χ2v) is 4.55. The number of nitrogen functional groups attached to an aromatic ring is 1. The molecule has 90 valence electrons. The molecule has 0 saturated carbocycles. The SMILES string of the molecule is Nc1ncccc1Nc1c(Cl)ccc2nsnc12. The highest BCUT2D eigenvalue weighted by Gasteiger charge is 2.11. The number of anilines is 3. The molecule has 18 heavy (non-hydrogen) atoms. The molecule has 0 saturated heterocycles. The van der Waals surface area contributed by atoms with Gasteiger partial charge in [0.05, 0.1) is 28.1 Å². The van der Waals surface area contributed by atoms with E-state index in [9.17, 15) is 0 Å². The number of hydrogen-bond acceptors (Lipinski definition) is 6. The maximum absolute atomic E-state index is 6.18. The summed E-state index contributed by atoms with van der Waals surface area (Å²) in [5, 5.41) is 3.72. The third-order valence-corrected chi connectivity index (χ3v) is 3.33. The van der Waals surface area contributed by atoms with Gasteiger partial charge in [0.1, 0.15) is 16.9 Å². The fraction of sp³-hybridized carbons (Fsp3) is 0. The van der Waals surface area contributed by atoms with E-state index < -0.39 is 0 Å². The Bertz CT molecular complexity index is 711. The molecule has 0 aliphatic rings. The first-order chi connectivity index (χ1) is 8.75. The Morgan fingerprint density at radius 2 is 2.11 bits per heavy atom. The highest BCUT2D eigenvalue weighted by Crippen LogP contribution is 2.33. The molecule has 3 aromatic rings. The van der Waals surface area contributed by atoms with E-state index in [1.807, 2.05) is 12.1 Å². The minimum Gasteiger partial charge on any atom is -0.382 e. The molecule has 0 fully saturated rings. The van der Waals surface area contributed by atoms with Gasteiger partial charge in [0, 0.05) is 6.20 Å². The molecule has 0 aliphatic carbocycles. The molecule has 0 spiro atoms. The molecule has 7 heteroatoms. The quantitative estimate of drug-likeness (QED) is 0.753. The number of rotatable bonds is 2. The molecule has 0 atom stereocenters. The van der Waals surface area contributed by atoms with E-state index in [0.717, 1.165) is 22.8 Å². The molecule has 2 heterocycles. The van der Waals surface area contributed by atoms with Gasteiger partial charge in [-0.2, -0.15) is 8.75 Å². The number of aromatic nitrogens is 3. The van der Waals surface area contributed by atoms with Crippen LogP contribution in [0.3, 0.4) is 0 Å². The minimum atomic E-state index is 0.411. The standard InChI is InChI=1S/C11H8ClN5S/c12-6-3-4-7-10(17-18-16-7)9(6)15-8-2-1-5-14-11(8)13/h1-5,15H,(H2,13,14). The maximum atomic E-state index is 6.18. The van der Waals surface area contributed by atoms with Crippen molar-refractivity contribution in [1.29, 1.82) is 0 Å². The first-order valence-corrected chi connectivity index (χ1v) is 6.25. The zero-order valence-corrected chi connectivity index (χ0v) is 10.7. The zero-order valence-electron chi connectivity index (χ0n) is 9.09. The highest BCUT2D eigenvalue weighted by molar-refractivity contribution is 7.00. The number of halogens is 1. The van der Waals surface area contributed by atoms with Crippen molar-refractivity contribution in [2.75, 3.05) is 11.1 Å². The van der Waals surface area contributed by atoms with E-state index in [1.165, 1.54) is 0 Å². The molecule has 0 bridgehead atoms. The lowest BCUT2D eigenvalue weighted by Crippen LogP contribution is -1.99. The third kappa shape index (κ3) is 1.85. The molecule has 0 amide bonds. The van der Waals surface area contributed by atoms with Gasteiger partial charge in [-0.05, 0) is 24.3 Å². The maximum Gasteiger partial charge on any atom is 0.147 e. The Kier molecular flexibility index (Phi) is 2.73. The smallest absolute Gasteiger partial charge is 0.147 e. The van der Waals surface area contributed by atoms with Gasteiger partial charge >= 0.3 is 0 Å². The van der Waals surface area contributed by atoms with Crippen LogP contribution in [0.15, 0.2) is 30.5 Å². The zero-order chi connectivity index (χ0) is 12.5. The summed E-state index contributed by atoms with van der Waals surface area (Å²) in [6.45, 7) is 0. The van der Waals surface area contributed by atoms with E-state index >= 15 is 0 Å². The molecule has 3 rings (SSSR count). The fourth-order valence-electron chi connectivity index (χ4n) is 1.60. The Hall–Kier alpha value is -1.92. The number of nitrogens with zero attached hydrogens (tertiary/aromatic N) is 3. The second kappa shape index (κ2) is 4.40. The molecule has 3 N–H and O–H groups in total. The van der Waals surface area contributed by atoms with Crippen molar-refractivity contribution in [2.45, 2.75) is 0 Å². The summed E-state index contributed by atoms with van der Waals surface area (Å²) in [4.78, 5) is 4.01. The molecule has 1 aromatic carbocycles. The van der Waals surface area contributed by atoms with Crippen molar-refractivity contribution in [3.63, 3.8) is 0 Å². The summed E-state index contributed by atoms with van der Waals surface area (Å²) in [5.41, 5.74) is 8.71. The Labute approximate surface area is 112 Å². The number of benzene rings is 1. The highest BCUT2D eigenvalue weighted by atomic mass is 35.5. The number of nitrogens with one attached hydrogen (secondary N) is 1. The van der Waals surface area contributed by atoms with E-state index in [1.54, 1.807) is 18.3 Å². The van der Waals surface area contributed by atoms with Crippen LogP contribution in [-0.2, 0) is 0 Å². The van der Waals surface area contributed by atoms with Crippen LogP contribution in [0.2, 0.25) is 5.02 Å². The van der Waals surface area contributed by atoms with Crippen molar-refractivity contribution in [1.82, 2.24) is 13.7 Å². The topological polar surface area (TPSA) is 76.7 Å². The van der Waals surface area contributed by atoms with Crippen LogP contribution in [0.5, 0.6) is 0 Å². The van der Waals surface area contributed by atoms with E-state index in [2.05, 4.69) is 19.0 Å². The van der Waals surface area contributed by atoms with E-state index in [0.29, 0.717) is 22.2 Å². The number of pyridine rings is 1. The van der Waals surface area contributed by atoms with Crippen molar-refractivity contribution >= 4 is 51.6 Å². The van der Waals surface area contributed by atoms with Gasteiger partial charge in [-0.25, -0.2) is 4.98 Å². The van der Waals surface area contributed by atoms with Gasteiger partial charge in [-0.15, -0.1) is 0 Å². The van der Waals surface area contributed by atoms with E-state index in [-0.39, 0.29) is 0 Å². The Morgan fingerprint density at radius 3 is 2.94 bits per heavy atom. The molecular formula is C11H8ClN5S. The minimum absolute atomic E-state index is 0.411.